The molecule has 4 heteroatoms. The summed E-state index contributed by atoms with van der Waals surface area (Å²) in [5.41, 5.74) is 3.03. The average molecular weight is 298 g/mol. The van der Waals surface area contributed by atoms with Crippen molar-refractivity contribution in [2.45, 2.75) is 13.5 Å². The van der Waals surface area contributed by atoms with E-state index >= 15 is 0 Å². The van der Waals surface area contributed by atoms with Crippen LogP contribution in [0.3, 0.4) is 0 Å². The Morgan fingerprint density at radius 3 is 2.32 bits per heavy atom. The molecule has 0 saturated heterocycles. The van der Waals surface area contributed by atoms with Crippen LogP contribution < -0.4 is 15.4 Å². The fraction of sp³-hybridized carbons (Fsp3) is 0.278. The monoisotopic (exact) mass is 298 g/mol. The molecule has 116 valence electrons. The predicted octanol–water partition coefficient (Wildman–Crippen LogP) is 2.52. The van der Waals surface area contributed by atoms with Crippen LogP contribution in [0.5, 0.6) is 5.75 Å². The number of methoxy groups -OCH3 is 1. The number of amides is 1. The Bertz CT molecular complexity index is 591. The Morgan fingerprint density at radius 2 is 1.68 bits per heavy atom. The molecular formula is C18H22N2O2. The third-order valence-electron chi connectivity index (χ3n) is 3.39. The van der Waals surface area contributed by atoms with E-state index in [1.54, 1.807) is 7.11 Å². The largest absolute Gasteiger partial charge is 0.497 e. The van der Waals surface area contributed by atoms with Crippen molar-refractivity contribution >= 4 is 5.91 Å². The van der Waals surface area contributed by atoms with Gasteiger partial charge in [0.15, 0.2) is 0 Å². The quantitative estimate of drug-likeness (QED) is 0.772. The van der Waals surface area contributed by atoms with Gasteiger partial charge in [-0.25, -0.2) is 0 Å². The third kappa shape index (κ3) is 4.90. The molecule has 0 bridgehead atoms. The molecule has 2 aromatic rings. The summed E-state index contributed by atoms with van der Waals surface area (Å²) in [5, 5.41) is 6.20. The van der Waals surface area contributed by atoms with Gasteiger partial charge < -0.3 is 15.4 Å². The van der Waals surface area contributed by atoms with E-state index in [0.717, 1.165) is 24.4 Å². The van der Waals surface area contributed by atoms with Crippen molar-refractivity contribution in [2.75, 3.05) is 20.2 Å². The van der Waals surface area contributed by atoms with Gasteiger partial charge >= 0.3 is 0 Å². The van der Waals surface area contributed by atoms with Crippen LogP contribution >= 0.6 is 0 Å². The van der Waals surface area contributed by atoms with Crippen LogP contribution in [-0.4, -0.2) is 26.1 Å². The van der Waals surface area contributed by atoms with E-state index in [0.29, 0.717) is 12.1 Å². The molecule has 0 aliphatic rings. The van der Waals surface area contributed by atoms with Crippen molar-refractivity contribution in [3.8, 4) is 5.75 Å². The number of hydrogen-bond acceptors (Lipinski definition) is 3. The van der Waals surface area contributed by atoms with Crippen LogP contribution in [-0.2, 0) is 6.54 Å². The molecule has 0 atom stereocenters. The molecule has 0 aromatic heterocycles. The molecule has 1 amide bonds. The van der Waals surface area contributed by atoms with Gasteiger partial charge in [-0.2, -0.15) is 0 Å². The average Bonchev–Trinajstić information content (AvgIpc) is 2.55. The summed E-state index contributed by atoms with van der Waals surface area (Å²) in [4.78, 5) is 11.9. The standard InChI is InChI=1S/C18H22N2O2/c1-14-3-7-16(8-4-14)18(21)20-12-11-19-13-15-5-9-17(22-2)10-6-15/h3-10,19H,11-13H2,1-2H3,(H,20,21). The van der Waals surface area contributed by atoms with Crippen LogP contribution in [0.1, 0.15) is 21.5 Å². The summed E-state index contributed by atoms with van der Waals surface area (Å²) in [7, 11) is 1.66. The highest BCUT2D eigenvalue weighted by Gasteiger charge is 2.03. The highest BCUT2D eigenvalue weighted by Crippen LogP contribution is 2.10. The second-order valence-corrected chi connectivity index (χ2v) is 5.15. The Labute approximate surface area is 131 Å². The molecule has 0 fully saturated rings. The molecular weight excluding hydrogens is 276 g/mol. The maximum absolute atomic E-state index is 11.9. The molecule has 0 spiro atoms. The maximum Gasteiger partial charge on any atom is 0.251 e. The fourth-order valence-electron chi connectivity index (χ4n) is 2.05. The lowest BCUT2D eigenvalue weighted by Crippen LogP contribution is -2.31. The number of benzene rings is 2. The number of aryl methyl sites for hydroxylation is 1. The van der Waals surface area contributed by atoms with Crippen LogP contribution in [0.25, 0.3) is 0 Å². The molecule has 0 heterocycles. The first-order chi connectivity index (χ1) is 10.7. The second-order valence-electron chi connectivity index (χ2n) is 5.15. The number of carbonyl (C=O) groups is 1. The molecule has 0 aliphatic heterocycles. The van der Waals surface area contributed by atoms with Crippen molar-refractivity contribution in [1.82, 2.24) is 10.6 Å². The highest BCUT2D eigenvalue weighted by atomic mass is 16.5. The van der Waals surface area contributed by atoms with Crippen molar-refractivity contribution in [3.63, 3.8) is 0 Å². The minimum absolute atomic E-state index is 0.0359. The molecule has 4 nitrogen and oxygen atoms in total. The van der Waals surface area contributed by atoms with E-state index in [-0.39, 0.29) is 5.91 Å². The fourth-order valence-corrected chi connectivity index (χ4v) is 2.05. The van der Waals surface area contributed by atoms with Gasteiger partial charge in [0, 0.05) is 25.2 Å². The molecule has 0 radical (unpaired) electrons. The van der Waals surface area contributed by atoms with E-state index < -0.39 is 0 Å². The topological polar surface area (TPSA) is 50.4 Å². The minimum atomic E-state index is -0.0359. The Morgan fingerprint density at radius 1 is 1.00 bits per heavy atom. The Balaban J connectivity index is 1.66. The first kappa shape index (κ1) is 16.0. The highest BCUT2D eigenvalue weighted by molar-refractivity contribution is 5.94. The van der Waals surface area contributed by atoms with Crippen LogP contribution in [0.15, 0.2) is 48.5 Å². The van der Waals surface area contributed by atoms with Gasteiger partial charge in [0.1, 0.15) is 5.75 Å². The molecule has 0 aliphatic carbocycles. The second kappa shape index (κ2) is 8.20. The van der Waals surface area contributed by atoms with Crippen molar-refractivity contribution in [1.29, 1.82) is 0 Å². The number of carbonyl (C=O) groups excluding carboxylic acids is 1. The van der Waals surface area contributed by atoms with Gasteiger partial charge in [0.2, 0.25) is 0 Å². The predicted molar refractivity (Wildman–Crippen MR) is 88.2 cm³/mol. The van der Waals surface area contributed by atoms with Crippen molar-refractivity contribution in [3.05, 3.63) is 65.2 Å². The number of ether oxygens (including phenoxy) is 1. The summed E-state index contributed by atoms with van der Waals surface area (Å²) < 4.78 is 5.12. The summed E-state index contributed by atoms with van der Waals surface area (Å²) in [5.74, 6) is 0.820. The van der Waals surface area contributed by atoms with E-state index in [1.165, 1.54) is 5.56 Å². The molecule has 2 N–H and O–H groups in total. The van der Waals surface area contributed by atoms with Crippen LogP contribution in [0, 0.1) is 6.92 Å². The van der Waals surface area contributed by atoms with Gasteiger partial charge in [-0.3, -0.25) is 4.79 Å². The van der Waals surface area contributed by atoms with Crippen molar-refractivity contribution in [2.24, 2.45) is 0 Å². The van der Waals surface area contributed by atoms with Gasteiger partial charge in [-0.1, -0.05) is 29.8 Å². The zero-order valence-corrected chi connectivity index (χ0v) is 13.1. The molecule has 0 saturated carbocycles. The Kier molecular flexibility index (Phi) is 5.98. The zero-order valence-electron chi connectivity index (χ0n) is 13.1. The van der Waals surface area contributed by atoms with Gasteiger partial charge in [0.05, 0.1) is 7.11 Å². The molecule has 2 rings (SSSR count). The van der Waals surface area contributed by atoms with E-state index in [4.69, 9.17) is 4.74 Å². The van der Waals surface area contributed by atoms with Gasteiger partial charge in [-0.05, 0) is 36.8 Å². The van der Waals surface area contributed by atoms with Gasteiger partial charge in [0.25, 0.3) is 5.91 Å². The number of nitrogens with one attached hydrogen (secondary N) is 2. The normalized spacial score (nSPS) is 10.3. The lowest BCUT2D eigenvalue weighted by molar-refractivity contribution is 0.0954. The first-order valence-corrected chi connectivity index (χ1v) is 7.37. The first-order valence-electron chi connectivity index (χ1n) is 7.37. The molecule has 22 heavy (non-hydrogen) atoms. The van der Waals surface area contributed by atoms with E-state index in [1.807, 2.05) is 55.5 Å². The number of rotatable bonds is 7. The van der Waals surface area contributed by atoms with Gasteiger partial charge in [-0.15, -0.1) is 0 Å². The summed E-state index contributed by atoms with van der Waals surface area (Å²) in [6.45, 7) is 4.10. The zero-order chi connectivity index (χ0) is 15.8. The van der Waals surface area contributed by atoms with E-state index in [2.05, 4.69) is 10.6 Å². The van der Waals surface area contributed by atoms with E-state index in [9.17, 15) is 4.79 Å². The SMILES string of the molecule is COc1ccc(CNCCNC(=O)c2ccc(C)cc2)cc1. The van der Waals surface area contributed by atoms with Crippen LogP contribution in [0.4, 0.5) is 0 Å². The summed E-state index contributed by atoms with van der Waals surface area (Å²) in [6.07, 6.45) is 0. The summed E-state index contributed by atoms with van der Waals surface area (Å²) >= 11 is 0. The van der Waals surface area contributed by atoms with Crippen molar-refractivity contribution < 1.29 is 9.53 Å². The smallest absolute Gasteiger partial charge is 0.251 e. The van der Waals surface area contributed by atoms with Crippen LogP contribution in [0.2, 0.25) is 0 Å². The lowest BCUT2D eigenvalue weighted by Gasteiger charge is -2.08. The molecule has 2 aromatic carbocycles. The Hall–Kier alpha value is -2.33. The molecule has 0 unspecified atom stereocenters. The maximum atomic E-state index is 11.9. The third-order valence-corrected chi connectivity index (χ3v) is 3.39. The summed E-state index contributed by atoms with van der Waals surface area (Å²) in [6, 6.07) is 15.5. The lowest BCUT2D eigenvalue weighted by atomic mass is 10.1. The number of hydrogen-bond donors (Lipinski definition) is 2. The minimum Gasteiger partial charge on any atom is -0.497 e.